The van der Waals surface area contributed by atoms with Gasteiger partial charge in [0.1, 0.15) is 17.2 Å². The molecule has 3 aromatic rings. The predicted molar refractivity (Wildman–Crippen MR) is 129 cm³/mol. The van der Waals surface area contributed by atoms with E-state index in [-0.39, 0.29) is 29.9 Å². The van der Waals surface area contributed by atoms with Gasteiger partial charge in [-0.3, -0.25) is 9.48 Å². The minimum atomic E-state index is -3.23. The summed E-state index contributed by atoms with van der Waals surface area (Å²) in [5.74, 6) is -0.105. The number of rotatable bonds is 9. The number of carbonyl (C=O) groups is 1. The van der Waals surface area contributed by atoms with Crippen LogP contribution in [0.15, 0.2) is 30.5 Å². The van der Waals surface area contributed by atoms with E-state index in [0.29, 0.717) is 29.3 Å². The molecule has 0 bridgehead atoms. The quantitative estimate of drug-likeness (QED) is 0.438. The zero-order chi connectivity index (χ0) is 25.9. The van der Waals surface area contributed by atoms with Crippen LogP contribution in [0.4, 0.5) is 4.39 Å². The van der Waals surface area contributed by atoms with Crippen LogP contribution in [-0.2, 0) is 23.1 Å². The molecule has 1 aromatic carbocycles. The van der Waals surface area contributed by atoms with E-state index in [1.807, 2.05) is 0 Å². The van der Waals surface area contributed by atoms with Gasteiger partial charge >= 0.3 is 0 Å². The number of ether oxygens (including phenoxy) is 1. The molecule has 11 nitrogen and oxygen atoms in total. The number of halogens is 1. The fourth-order valence-corrected chi connectivity index (χ4v) is 5.14. The van der Waals surface area contributed by atoms with E-state index < -0.39 is 21.7 Å². The summed E-state index contributed by atoms with van der Waals surface area (Å²) in [6.07, 6.45) is 5.33. The van der Waals surface area contributed by atoms with Crippen LogP contribution in [0.5, 0.6) is 5.75 Å². The number of hydrogen-bond acceptors (Lipinski definition) is 8. The number of amides is 1. The Morgan fingerprint density at radius 2 is 2.03 bits per heavy atom. The van der Waals surface area contributed by atoms with Crippen LogP contribution in [0.3, 0.4) is 0 Å². The highest BCUT2D eigenvalue weighted by Crippen LogP contribution is 2.27. The Bertz CT molecular complexity index is 1360. The van der Waals surface area contributed by atoms with Gasteiger partial charge < -0.3 is 10.1 Å². The summed E-state index contributed by atoms with van der Waals surface area (Å²) in [4.78, 5) is 21.4. The molecule has 1 amide bonds. The van der Waals surface area contributed by atoms with Crippen molar-refractivity contribution >= 4 is 15.9 Å². The lowest BCUT2D eigenvalue weighted by Crippen LogP contribution is -2.32. The number of carbonyl (C=O) groups excluding carboxylic acids is 1. The molecule has 2 N–H and O–H groups in total. The molecular formula is C23H28FN7O4S. The van der Waals surface area contributed by atoms with Crippen LogP contribution in [-0.4, -0.2) is 58.7 Å². The molecule has 13 heteroatoms. The maximum Gasteiger partial charge on any atom is 0.270 e. The van der Waals surface area contributed by atoms with E-state index in [4.69, 9.17) is 4.74 Å². The highest BCUT2D eigenvalue weighted by atomic mass is 32.2. The molecule has 1 aliphatic rings. The molecule has 2 heterocycles. The van der Waals surface area contributed by atoms with Crippen molar-refractivity contribution in [3.8, 4) is 17.1 Å². The van der Waals surface area contributed by atoms with Crippen molar-refractivity contribution in [1.29, 1.82) is 0 Å². The van der Waals surface area contributed by atoms with E-state index in [1.54, 1.807) is 29.9 Å². The molecular weight excluding hydrogens is 489 g/mol. The van der Waals surface area contributed by atoms with Gasteiger partial charge in [0.2, 0.25) is 10.0 Å². The van der Waals surface area contributed by atoms with Crippen molar-refractivity contribution in [3.63, 3.8) is 0 Å². The minimum Gasteiger partial charge on any atom is -0.494 e. The van der Waals surface area contributed by atoms with Gasteiger partial charge in [0.15, 0.2) is 11.6 Å². The summed E-state index contributed by atoms with van der Waals surface area (Å²) in [5.41, 5.74) is 1.81. The molecule has 0 aliphatic heterocycles. The minimum absolute atomic E-state index is 0.0606. The summed E-state index contributed by atoms with van der Waals surface area (Å²) in [7, 11) is -1.85. The molecule has 36 heavy (non-hydrogen) atoms. The number of aromatic nitrogens is 5. The van der Waals surface area contributed by atoms with Crippen LogP contribution in [0.2, 0.25) is 0 Å². The Morgan fingerprint density at radius 1 is 1.22 bits per heavy atom. The van der Waals surface area contributed by atoms with Crippen LogP contribution in [0.25, 0.3) is 11.4 Å². The largest absolute Gasteiger partial charge is 0.494 e. The van der Waals surface area contributed by atoms with Crippen LogP contribution in [0.1, 0.15) is 41.1 Å². The van der Waals surface area contributed by atoms with Crippen molar-refractivity contribution in [2.75, 3.05) is 13.4 Å². The SMILES string of the molecule is COc1cc(CNC(=O)c2cc(-c3cn(C[C@H]4CCC(NS(C)(=O)=O)C4)nn3)nc(C)n2)ccc1F. The molecule has 1 unspecified atom stereocenters. The Morgan fingerprint density at radius 3 is 2.78 bits per heavy atom. The van der Waals surface area contributed by atoms with Crippen LogP contribution in [0, 0.1) is 18.7 Å². The second kappa shape index (κ2) is 10.7. The normalized spacial score (nSPS) is 17.8. The smallest absolute Gasteiger partial charge is 0.270 e. The first-order valence-electron chi connectivity index (χ1n) is 11.4. The highest BCUT2D eigenvalue weighted by Gasteiger charge is 2.27. The van der Waals surface area contributed by atoms with Gasteiger partial charge in [-0.2, -0.15) is 0 Å². The Balaban J connectivity index is 1.40. The lowest BCUT2D eigenvalue weighted by Gasteiger charge is -2.11. The third-order valence-corrected chi connectivity index (χ3v) is 6.67. The average molecular weight is 518 g/mol. The van der Waals surface area contributed by atoms with Gasteiger partial charge in [-0.15, -0.1) is 5.10 Å². The third kappa shape index (κ3) is 6.61. The van der Waals surface area contributed by atoms with E-state index in [9.17, 15) is 17.6 Å². The van der Waals surface area contributed by atoms with Crippen molar-refractivity contribution in [1.82, 2.24) is 35.0 Å². The van der Waals surface area contributed by atoms with Gasteiger partial charge in [-0.05, 0) is 55.9 Å². The monoisotopic (exact) mass is 517 g/mol. The lowest BCUT2D eigenvalue weighted by molar-refractivity contribution is 0.0945. The maximum atomic E-state index is 13.6. The molecule has 0 spiro atoms. The molecule has 192 valence electrons. The summed E-state index contributed by atoms with van der Waals surface area (Å²) in [6, 6.07) is 5.86. The van der Waals surface area contributed by atoms with E-state index >= 15 is 0 Å². The number of methoxy groups -OCH3 is 1. The fourth-order valence-electron chi connectivity index (χ4n) is 4.32. The molecule has 0 radical (unpaired) electrons. The van der Waals surface area contributed by atoms with Gasteiger partial charge in [-0.25, -0.2) is 27.5 Å². The molecule has 1 fully saturated rings. The predicted octanol–water partition coefficient (Wildman–Crippen LogP) is 1.84. The highest BCUT2D eigenvalue weighted by molar-refractivity contribution is 7.88. The zero-order valence-electron chi connectivity index (χ0n) is 20.2. The molecule has 1 saturated carbocycles. The average Bonchev–Trinajstić information content (AvgIpc) is 3.46. The molecule has 2 aromatic heterocycles. The second-order valence-corrected chi connectivity index (χ2v) is 10.7. The second-order valence-electron chi connectivity index (χ2n) is 8.93. The summed E-state index contributed by atoms with van der Waals surface area (Å²) in [6.45, 7) is 2.46. The summed E-state index contributed by atoms with van der Waals surface area (Å²) in [5, 5.41) is 11.2. The first-order valence-corrected chi connectivity index (χ1v) is 13.3. The maximum absolute atomic E-state index is 13.6. The molecule has 1 aliphatic carbocycles. The number of sulfonamides is 1. The van der Waals surface area contributed by atoms with Gasteiger partial charge in [-0.1, -0.05) is 11.3 Å². The number of aryl methyl sites for hydroxylation is 1. The number of benzene rings is 1. The summed E-state index contributed by atoms with van der Waals surface area (Å²) < 4.78 is 45.9. The molecule has 4 rings (SSSR count). The van der Waals surface area contributed by atoms with Gasteiger partial charge in [0, 0.05) is 19.1 Å². The Labute approximate surface area is 208 Å². The van der Waals surface area contributed by atoms with Gasteiger partial charge in [0.25, 0.3) is 5.91 Å². The number of nitrogens with zero attached hydrogens (tertiary/aromatic N) is 5. The van der Waals surface area contributed by atoms with Crippen LogP contribution < -0.4 is 14.8 Å². The van der Waals surface area contributed by atoms with E-state index in [1.165, 1.54) is 25.5 Å². The number of hydrogen-bond donors (Lipinski definition) is 2. The summed E-state index contributed by atoms with van der Waals surface area (Å²) >= 11 is 0. The van der Waals surface area contributed by atoms with E-state index in [0.717, 1.165) is 19.3 Å². The van der Waals surface area contributed by atoms with Crippen molar-refractivity contribution in [2.24, 2.45) is 5.92 Å². The first-order chi connectivity index (χ1) is 17.1. The Kier molecular flexibility index (Phi) is 7.59. The first kappa shape index (κ1) is 25.6. The topological polar surface area (TPSA) is 141 Å². The van der Waals surface area contributed by atoms with E-state index in [2.05, 4.69) is 30.3 Å². The lowest BCUT2D eigenvalue weighted by atomic mass is 10.1. The number of nitrogens with one attached hydrogen (secondary N) is 2. The van der Waals surface area contributed by atoms with Crippen molar-refractivity contribution in [2.45, 2.75) is 45.3 Å². The van der Waals surface area contributed by atoms with Crippen molar-refractivity contribution < 1.29 is 22.3 Å². The standard InChI is InChI=1S/C23H28FN7O4S/c1-14-26-19(10-20(27-14)23(32)25-11-15-5-7-18(24)22(9-15)35-2)21-13-31(30-28-21)12-16-4-6-17(8-16)29-36(3,33)34/h5,7,9-10,13,16-17,29H,4,6,8,11-12H2,1-3H3,(H,25,32)/t16-,17?/m0/s1. The fraction of sp³-hybridized carbons (Fsp3) is 0.435. The third-order valence-electron chi connectivity index (χ3n) is 5.91. The van der Waals surface area contributed by atoms with Crippen LogP contribution >= 0.6 is 0 Å². The van der Waals surface area contributed by atoms with Crippen molar-refractivity contribution in [3.05, 3.63) is 53.4 Å². The molecule has 0 saturated heterocycles. The molecule has 2 atom stereocenters. The zero-order valence-corrected chi connectivity index (χ0v) is 21.0. The van der Waals surface area contributed by atoms with Gasteiger partial charge in [0.05, 0.1) is 25.3 Å². The Hall–Kier alpha value is -3.45.